The molecule has 1 aliphatic heterocycles. The maximum atomic E-state index is 5.57. The third kappa shape index (κ3) is 5.11. The van der Waals surface area contributed by atoms with Crippen LogP contribution in [0.15, 0.2) is 30.7 Å². The van der Waals surface area contributed by atoms with Crippen molar-refractivity contribution >= 4 is 17.1 Å². The number of nitrogens with zero attached hydrogens (tertiary/aromatic N) is 6. The number of rotatable bonds is 10. The number of nitrogens with one attached hydrogen (secondary N) is 2. The number of aromatic nitrogens is 5. The van der Waals surface area contributed by atoms with Crippen LogP contribution in [0.25, 0.3) is 11.2 Å². The van der Waals surface area contributed by atoms with E-state index in [1.54, 1.807) is 6.20 Å². The molecular weight excluding hydrogens is 368 g/mol. The van der Waals surface area contributed by atoms with Crippen molar-refractivity contribution < 1.29 is 4.74 Å². The van der Waals surface area contributed by atoms with E-state index in [1.807, 2.05) is 31.5 Å². The van der Waals surface area contributed by atoms with Crippen LogP contribution in [0, 0.1) is 0 Å². The summed E-state index contributed by atoms with van der Waals surface area (Å²) in [6.07, 6.45) is 5.43. The number of aromatic amines is 1. The van der Waals surface area contributed by atoms with Gasteiger partial charge in [0.1, 0.15) is 11.3 Å². The fraction of sp³-hybridized carbons (Fsp3) is 0.550. The van der Waals surface area contributed by atoms with E-state index in [9.17, 15) is 0 Å². The zero-order chi connectivity index (χ0) is 19.9. The molecule has 0 atom stereocenters. The van der Waals surface area contributed by atoms with E-state index < -0.39 is 0 Å². The molecule has 2 N–H and O–H groups in total. The van der Waals surface area contributed by atoms with Crippen molar-refractivity contribution in [2.24, 2.45) is 0 Å². The molecule has 0 aromatic carbocycles. The summed E-state index contributed by atoms with van der Waals surface area (Å²) in [6, 6.07) is 3.98. The van der Waals surface area contributed by atoms with Crippen LogP contribution in [0.2, 0.25) is 0 Å². The van der Waals surface area contributed by atoms with Crippen LogP contribution < -0.4 is 5.32 Å². The van der Waals surface area contributed by atoms with Gasteiger partial charge in [0, 0.05) is 71.0 Å². The standard InChI is InChI=1S/C20H30N8O/c1-2-29-15-14-28-18(25-17-4-3-5-21-19(17)28)16-27-12-10-26(11-13-27)9-8-24-20-22-6-7-23-20/h3-7H,2,8-16H2,1H3,(H2,22,23,24). The van der Waals surface area contributed by atoms with Crippen molar-refractivity contribution in [3.8, 4) is 0 Å². The number of ether oxygens (including phenoxy) is 1. The minimum absolute atomic E-state index is 0.683. The van der Waals surface area contributed by atoms with E-state index >= 15 is 0 Å². The number of anilines is 1. The predicted molar refractivity (Wildman–Crippen MR) is 113 cm³/mol. The van der Waals surface area contributed by atoms with Crippen molar-refractivity contribution in [2.75, 3.05) is 57.8 Å². The Bertz CT molecular complexity index is 870. The molecule has 0 radical (unpaired) electrons. The van der Waals surface area contributed by atoms with Crippen molar-refractivity contribution in [3.63, 3.8) is 0 Å². The zero-order valence-electron chi connectivity index (χ0n) is 17.0. The predicted octanol–water partition coefficient (Wildman–Crippen LogP) is 1.42. The third-order valence-corrected chi connectivity index (χ3v) is 5.29. The highest BCUT2D eigenvalue weighted by atomic mass is 16.5. The quantitative estimate of drug-likeness (QED) is 0.500. The molecule has 0 spiro atoms. The zero-order valence-corrected chi connectivity index (χ0v) is 17.0. The molecular formula is C20H30N8O. The van der Waals surface area contributed by atoms with Gasteiger partial charge in [-0.2, -0.15) is 0 Å². The van der Waals surface area contributed by atoms with Crippen LogP contribution >= 0.6 is 0 Å². The van der Waals surface area contributed by atoms with E-state index in [-0.39, 0.29) is 0 Å². The van der Waals surface area contributed by atoms with E-state index in [0.29, 0.717) is 6.61 Å². The van der Waals surface area contributed by atoms with Crippen molar-refractivity contribution in [1.29, 1.82) is 0 Å². The highest BCUT2D eigenvalue weighted by Crippen LogP contribution is 2.16. The van der Waals surface area contributed by atoms with Gasteiger partial charge in [0.15, 0.2) is 11.6 Å². The number of hydrogen-bond acceptors (Lipinski definition) is 7. The Morgan fingerprint density at radius 3 is 2.76 bits per heavy atom. The normalized spacial score (nSPS) is 15.9. The fourth-order valence-electron chi connectivity index (χ4n) is 3.73. The average Bonchev–Trinajstić information content (AvgIpc) is 3.38. The molecule has 4 rings (SSSR count). The fourth-order valence-corrected chi connectivity index (χ4v) is 3.73. The lowest BCUT2D eigenvalue weighted by Gasteiger charge is -2.34. The Labute approximate surface area is 171 Å². The van der Waals surface area contributed by atoms with Gasteiger partial charge in [-0.3, -0.25) is 9.80 Å². The summed E-state index contributed by atoms with van der Waals surface area (Å²) in [4.78, 5) is 21.6. The van der Waals surface area contributed by atoms with Gasteiger partial charge >= 0.3 is 0 Å². The molecule has 3 aromatic heterocycles. The Kier molecular flexibility index (Phi) is 6.71. The van der Waals surface area contributed by atoms with Gasteiger partial charge in [-0.05, 0) is 19.1 Å². The first-order valence-electron chi connectivity index (χ1n) is 10.4. The molecule has 9 heteroatoms. The van der Waals surface area contributed by atoms with Crippen LogP contribution in [0.1, 0.15) is 12.7 Å². The Morgan fingerprint density at radius 1 is 1.10 bits per heavy atom. The lowest BCUT2D eigenvalue weighted by Crippen LogP contribution is -2.47. The summed E-state index contributed by atoms with van der Waals surface area (Å²) in [7, 11) is 0. The number of pyridine rings is 1. The largest absolute Gasteiger partial charge is 0.380 e. The van der Waals surface area contributed by atoms with Crippen molar-refractivity contribution in [1.82, 2.24) is 34.3 Å². The smallest absolute Gasteiger partial charge is 0.200 e. The minimum Gasteiger partial charge on any atom is -0.380 e. The minimum atomic E-state index is 0.683. The van der Waals surface area contributed by atoms with Crippen LogP contribution in [-0.4, -0.2) is 86.8 Å². The molecule has 0 bridgehead atoms. The highest BCUT2D eigenvalue weighted by molar-refractivity contribution is 5.71. The van der Waals surface area contributed by atoms with E-state index in [1.165, 1.54) is 0 Å². The summed E-state index contributed by atoms with van der Waals surface area (Å²) in [5.74, 6) is 1.91. The Balaban J connectivity index is 1.30. The lowest BCUT2D eigenvalue weighted by atomic mass is 10.3. The molecule has 9 nitrogen and oxygen atoms in total. The maximum Gasteiger partial charge on any atom is 0.200 e. The molecule has 1 fully saturated rings. The monoisotopic (exact) mass is 398 g/mol. The second-order valence-electron chi connectivity index (χ2n) is 7.21. The first-order chi connectivity index (χ1) is 14.3. The third-order valence-electron chi connectivity index (χ3n) is 5.29. The van der Waals surface area contributed by atoms with Crippen molar-refractivity contribution in [2.45, 2.75) is 20.0 Å². The number of piperazine rings is 1. The van der Waals surface area contributed by atoms with Crippen LogP contribution in [0.4, 0.5) is 5.95 Å². The lowest BCUT2D eigenvalue weighted by molar-refractivity contribution is 0.123. The van der Waals surface area contributed by atoms with Gasteiger partial charge in [0.2, 0.25) is 0 Å². The Morgan fingerprint density at radius 2 is 1.97 bits per heavy atom. The molecule has 1 saturated heterocycles. The number of H-pyrrole nitrogens is 1. The maximum absolute atomic E-state index is 5.57. The first-order valence-corrected chi connectivity index (χ1v) is 10.4. The Hall–Kier alpha value is -2.49. The van der Waals surface area contributed by atoms with Crippen LogP contribution in [0.5, 0.6) is 0 Å². The van der Waals surface area contributed by atoms with Crippen LogP contribution in [-0.2, 0) is 17.8 Å². The second kappa shape index (κ2) is 9.82. The summed E-state index contributed by atoms with van der Waals surface area (Å²) < 4.78 is 7.78. The molecule has 0 aliphatic carbocycles. The molecule has 29 heavy (non-hydrogen) atoms. The summed E-state index contributed by atoms with van der Waals surface area (Å²) >= 11 is 0. The molecule has 156 valence electrons. The van der Waals surface area contributed by atoms with Crippen LogP contribution in [0.3, 0.4) is 0 Å². The number of imidazole rings is 2. The van der Waals surface area contributed by atoms with Gasteiger partial charge in [0.05, 0.1) is 13.2 Å². The molecule has 4 heterocycles. The van der Waals surface area contributed by atoms with Crippen molar-refractivity contribution in [3.05, 3.63) is 36.5 Å². The number of fused-ring (bicyclic) bond motifs is 1. The van der Waals surface area contributed by atoms with Gasteiger partial charge in [0.25, 0.3) is 0 Å². The topological polar surface area (TPSA) is 87.1 Å². The van der Waals surface area contributed by atoms with E-state index in [4.69, 9.17) is 9.72 Å². The highest BCUT2D eigenvalue weighted by Gasteiger charge is 2.20. The molecule has 0 saturated carbocycles. The average molecular weight is 399 g/mol. The van der Waals surface area contributed by atoms with Gasteiger partial charge in [-0.15, -0.1) is 0 Å². The molecule has 1 aliphatic rings. The SMILES string of the molecule is CCOCCn1c(CN2CCN(CCNc3ncc[nH]3)CC2)nc2cccnc21. The molecule has 0 unspecified atom stereocenters. The molecule has 0 amide bonds. The van der Waals surface area contributed by atoms with E-state index in [0.717, 1.165) is 81.9 Å². The van der Waals surface area contributed by atoms with Gasteiger partial charge < -0.3 is 19.6 Å². The first kappa shape index (κ1) is 19.8. The summed E-state index contributed by atoms with van der Waals surface area (Å²) in [5, 5.41) is 3.32. The number of hydrogen-bond donors (Lipinski definition) is 2. The van der Waals surface area contributed by atoms with Gasteiger partial charge in [-0.1, -0.05) is 0 Å². The van der Waals surface area contributed by atoms with Gasteiger partial charge in [-0.25, -0.2) is 15.0 Å². The molecule has 3 aromatic rings. The summed E-state index contributed by atoms with van der Waals surface area (Å²) in [5.41, 5.74) is 1.91. The summed E-state index contributed by atoms with van der Waals surface area (Å²) in [6.45, 7) is 11.2. The van der Waals surface area contributed by atoms with E-state index in [2.05, 4.69) is 34.6 Å². The second-order valence-corrected chi connectivity index (χ2v) is 7.21.